The van der Waals surface area contributed by atoms with Gasteiger partial charge in [-0.05, 0) is 55.0 Å². The summed E-state index contributed by atoms with van der Waals surface area (Å²) >= 11 is 6.38. The molecule has 2 amide bonds. The summed E-state index contributed by atoms with van der Waals surface area (Å²) < 4.78 is 10.8. The van der Waals surface area contributed by atoms with E-state index in [-0.39, 0.29) is 10.2 Å². The van der Waals surface area contributed by atoms with Crippen molar-refractivity contribution in [2.75, 3.05) is 14.2 Å². The van der Waals surface area contributed by atoms with Gasteiger partial charge >= 0.3 is 0 Å². The molecule has 0 aliphatic carbocycles. The number of carbonyl (C=O) groups excluding carboxylic acids is 2. The van der Waals surface area contributed by atoms with Gasteiger partial charge in [-0.25, -0.2) is 0 Å². The molecule has 1 aliphatic heterocycles. The summed E-state index contributed by atoms with van der Waals surface area (Å²) in [4.78, 5) is 25.6. The second kappa shape index (κ2) is 8.45. The monoisotopic (exact) mass is 414 g/mol. The van der Waals surface area contributed by atoms with Gasteiger partial charge in [0.2, 0.25) is 0 Å². The van der Waals surface area contributed by atoms with E-state index in [1.165, 1.54) is 0 Å². The van der Waals surface area contributed by atoms with Crippen LogP contribution in [-0.4, -0.2) is 35.4 Å². The molecule has 0 atom stereocenters. The first-order valence-corrected chi connectivity index (χ1v) is 9.53. The van der Waals surface area contributed by atoms with Crippen molar-refractivity contribution in [1.29, 1.82) is 0 Å². The molecule has 6 nitrogen and oxygen atoms in total. The lowest BCUT2D eigenvalue weighted by atomic mass is 10.1. The second-order valence-electron chi connectivity index (χ2n) is 5.94. The maximum Gasteiger partial charge on any atom is 0.285 e. The van der Waals surface area contributed by atoms with Gasteiger partial charge in [0.05, 0.1) is 19.1 Å². The van der Waals surface area contributed by atoms with Crippen LogP contribution in [0.1, 0.15) is 21.5 Å². The number of nitrogens with one attached hydrogen (secondary N) is 1. The molecular formula is C20H18N2O4S2. The molecule has 144 valence electrons. The Bertz CT molecular complexity index is 988. The van der Waals surface area contributed by atoms with Gasteiger partial charge < -0.3 is 9.47 Å². The molecule has 0 radical (unpaired) electrons. The SMILES string of the molecule is COc1ccc(/C=C2\SC(=S)N(NC(=O)c3cccc(C)c3)C2=O)cc1OC. The average molecular weight is 415 g/mol. The fourth-order valence-corrected chi connectivity index (χ4v) is 3.79. The van der Waals surface area contributed by atoms with Crippen LogP contribution >= 0.6 is 24.0 Å². The number of hydrogen-bond acceptors (Lipinski definition) is 6. The predicted octanol–water partition coefficient (Wildman–Crippen LogP) is 3.56. The van der Waals surface area contributed by atoms with E-state index in [0.29, 0.717) is 22.0 Å². The Balaban J connectivity index is 1.79. The Hall–Kier alpha value is -2.84. The highest BCUT2D eigenvalue weighted by Gasteiger charge is 2.33. The number of methoxy groups -OCH3 is 2. The lowest BCUT2D eigenvalue weighted by Gasteiger charge is -2.15. The summed E-state index contributed by atoms with van der Waals surface area (Å²) in [5, 5.41) is 1.09. The molecule has 0 aromatic heterocycles. The number of benzene rings is 2. The zero-order valence-corrected chi connectivity index (χ0v) is 17.1. The molecule has 1 fully saturated rings. The van der Waals surface area contributed by atoms with Gasteiger partial charge in [0.25, 0.3) is 11.8 Å². The third-order valence-electron chi connectivity index (χ3n) is 3.99. The van der Waals surface area contributed by atoms with Crippen molar-refractivity contribution in [3.8, 4) is 11.5 Å². The predicted molar refractivity (Wildman–Crippen MR) is 113 cm³/mol. The number of rotatable bonds is 5. The summed E-state index contributed by atoms with van der Waals surface area (Å²) in [6.45, 7) is 1.89. The number of thioether (sulfide) groups is 1. The van der Waals surface area contributed by atoms with E-state index in [1.807, 2.05) is 13.0 Å². The fourth-order valence-electron chi connectivity index (χ4n) is 2.61. The highest BCUT2D eigenvalue weighted by Crippen LogP contribution is 2.34. The quantitative estimate of drug-likeness (QED) is 0.596. The normalized spacial score (nSPS) is 15.1. The lowest BCUT2D eigenvalue weighted by Crippen LogP contribution is -2.44. The highest BCUT2D eigenvalue weighted by molar-refractivity contribution is 8.26. The topological polar surface area (TPSA) is 67.9 Å². The van der Waals surface area contributed by atoms with Crippen molar-refractivity contribution < 1.29 is 19.1 Å². The molecule has 0 spiro atoms. The molecule has 1 N–H and O–H groups in total. The summed E-state index contributed by atoms with van der Waals surface area (Å²) in [5.41, 5.74) is 4.74. The Morgan fingerprint density at radius 2 is 1.89 bits per heavy atom. The Morgan fingerprint density at radius 3 is 2.57 bits per heavy atom. The smallest absolute Gasteiger partial charge is 0.285 e. The van der Waals surface area contributed by atoms with Gasteiger partial charge in [-0.1, -0.05) is 35.5 Å². The molecule has 2 aromatic carbocycles. The zero-order chi connectivity index (χ0) is 20.3. The van der Waals surface area contributed by atoms with Crippen molar-refractivity contribution in [1.82, 2.24) is 10.4 Å². The molecular weight excluding hydrogens is 396 g/mol. The van der Waals surface area contributed by atoms with Crippen LogP contribution in [0.25, 0.3) is 6.08 Å². The maximum absolute atomic E-state index is 12.7. The largest absolute Gasteiger partial charge is 0.493 e. The number of amides is 2. The molecule has 1 heterocycles. The maximum atomic E-state index is 12.7. The highest BCUT2D eigenvalue weighted by atomic mass is 32.2. The van der Waals surface area contributed by atoms with E-state index in [1.54, 1.807) is 56.7 Å². The molecule has 0 bridgehead atoms. The van der Waals surface area contributed by atoms with Crippen LogP contribution < -0.4 is 14.9 Å². The van der Waals surface area contributed by atoms with Gasteiger partial charge in [-0.2, -0.15) is 5.01 Å². The van der Waals surface area contributed by atoms with Crippen LogP contribution in [-0.2, 0) is 4.79 Å². The van der Waals surface area contributed by atoms with Crippen LogP contribution in [0, 0.1) is 6.92 Å². The summed E-state index contributed by atoms with van der Waals surface area (Å²) in [6.07, 6.45) is 1.69. The van der Waals surface area contributed by atoms with Crippen molar-refractivity contribution in [2.45, 2.75) is 6.92 Å². The number of aryl methyl sites for hydroxylation is 1. The third-order valence-corrected chi connectivity index (χ3v) is 5.29. The van der Waals surface area contributed by atoms with E-state index in [2.05, 4.69) is 5.43 Å². The van der Waals surface area contributed by atoms with Crippen LogP contribution in [0.15, 0.2) is 47.4 Å². The Kier molecular flexibility index (Phi) is 6.01. The minimum Gasteiger partial charge on any atom is -0.493 e. The van der Waals surface area contributed by atoms with E-state index in [4.69, 9.17) is 21.7 Å². The second-order valence-corrected chi connectivity index (χ2v) is 7.62. The van der Waals surface area contributed by atoms with E-state index in [0.717, 1.165) is 27.9 Å². The van der Waals surface area contributed by atoms with Crippen molar-refractivity contribution in [3.05, 3.63) is 64.1 Å². The van der Waals surface area contributed by atoms with E-state index < -0.39 is 5.91 Å². The average Bonchev–Trinajstić information content (AvgIpc) is 2.95. The number of hydrogen-bond donors (Lipinski definition) is 1. The Labute approximate surface area is 172 Å². The van der Waals surface area contributed by atoms with Gasteiger partial charge in [0.15, 0.2) is 15.8 Å². The van der Waals surface area contributed by atoms with Crippen LogP contribution in [0.2, 0.25) is 0 Å². The zero-order valence-electron chi connectivity index (χ0n) is 15.5. The summed E-state index contributed by atoms with van der Waals surface area (Å²) in [7, 11) is 3.10. The summed E-state index contributed by atoms with van der Waals surface area (Å²) in [5.74, 6) is 0.371. The number of carbonyl (C=O) groups is 2. The molecule has 2 aromatic rings. The number of thiocarbonyl (C=S) groups is 1. The first kappa shape index (κ1) is 19.9. The van der Waals surface area contributed by atoms with E-state index in [9.17, 15) is 9.59 Å². The number of nitrogens with zero attached hydrogens (tertiary/aromatic N) is 1. The molecule has 0 unspecified atom stereocenters. The lowest BCUT2D eigenvalue weighted by molar-refractivity contribution is -0.123. The van der Waals surface area contributed by atoms with Gasteiger partial charge in [-0.15, -0.1) is 0 Å². The minimum atomic E-state index is -0.396. The van der Waals surface area contributed by atoms with Crippen LogP contribution in [0.5, 0.6) is 11.5 Å². The molecule has 28 heavy (non-hydrogen) atoms. The molecule has 1 saturated heterocycles. The van der Waals surface area contributed by atoms with Crippen LogP contribution in [0.4, 0.5) is 0 Å². The van der Waals surface area contributed by atoms with Crippen LogP contribution in [0.3, 0.4) is 0 Å². The Morgan fingerprint density at radius 1 is 1.14 bits per heavy atom. The first-order chi connectivity index (χ1) is 13.4. The van der Waals surface area contributed by atoms with E-state index >= 15 is 0 Å². The molecule has 0 saturated carbocycles. The molecule has 1 aliphatic rings. The molecule has 3 rings (SSSR count). The standard InChI is InChI=1S/C20H18N2O4S2/c1-12-5-4-6-14(9-12)18(23)21-22-19(24)17(28-20(22)27)11-13-7-8-15(25-2)16(10-13)26-3/h4-11H,1-3H3,(H,21,23)/b17-11-. The van der Waals surface area contributed by atoms with Crippen molar-refractivity contribution in [3.63, 3.8) is 0 Å². The molecule has 8 heteroatoms. The van der Waals surface area contributed by atoms with Crippen molar-refractivity contribution in [2.24, 2.45) is 0 Å². The van der Waals surface area contributed by atoms with Gasteiger partial charge in [-0.3, -0.25) is 15.0 Å². The third kappa shape index (κ3) is 4.18. The van der Waals surface area contributed by atoms with Gasteiger partial charge in [0, 0.05) is 5.56 Å². The number of hydrazine groups is 1. The van der Waals surface area contributed by atoms with Gasteiger partial charge in [0.1, 0.15) is 0 Å². The minimum absolute atomic E-state index is 0.262. The van der Waals surface area contributed by atoms with Crippen molar-refractivity contribution >= 4 is 46.2 Å². The fraction of sp³-hybridized carbons (Fsp3) is 0.150. The number of ether oxygens (including phenoxy) is 2. The summed E-state index contributed by atoms with van der Waals surface area (Å²) in [6, 6.07) is 12.4. The first-order valence-electron chi connectivity index (χ1n) is 8.30.